The molecule has 1 aliphatic rings. The van der Waals surface area contributed by atoms with E-state index < -0.39 is 22.9 Å². The van der Waals surface area contributed by atoms with Crippen LogP contribution in [0.4, 0.5) is 11.4 Å². The fourth-order valence-corrected chi connectivity index (χ4v) is 5.73. The maximum Gasteiger partial charge on any atom is 0.251 e. The zero-order chi connectivity index (χ0) is 23.8. The molecular weight excluding hydrogens is 476 g/mol. The monoisotopic (exact) mass is 512 g/mol. The highest BCUT2D eigenvalue weighted by Gasteiger charge is 2.28. The summed E-state index contributed by atoms with van der Waals surface area (Å²) in [4.78, 5) is 13.3. The molecular formula is C24H37ClN4O4S. The third-order valence-electron chi connectivity index (χ3n) is 5.72. The molecule has 0 saturated carbocycles. The summed E-state index contributed by atoms with van der Waals surface area (Å²) in [5.74, 6) is 0.00978. The third-order valence-corrected chi connectivity index (χ3v) is 7.66. The first kappa shape index (κ1) is 28.2. The summed E-state index contributed by atoms with van der Waals surface area (Å²) in [6.45, 7) is 3.49. The quantitative estimate of drug-likeness (QED) is 0.287. The molecule has 0 bridgehead atoms. The van der Waals surface area contributed by atoms with Crippen LogP contribution >= 0.6 is 23.2 Å². The predicted molar refractivity (Wildman–Crippen MR) is 143 cm³/mol. The maximum atomic E-state index is 13.3. The molecule has 1 heterocycles. The highest BCUT2D eigenvalue weighted by atomic mass is 35.5. The van der Waals surface area contributed by atoms with Crippen molar-refractivity contribution in [3.8, 4) is 0 Å². The molecule has 2 atom stereocenters. The summed E-state index contributed by atoms with van der Waals surface area (Å²) in [5.41, 5.74) is 2.76. The molecule has 34 heavy (non-hydrogen) atoms. The Bertz CT molecular complexity index is 919. The maximum absolute atomic E-state index is 13.3. The molecule has 1 aliphatic heterocycles. The molecule has 3 rings (SSSR count). The number of amides is 1. The Balaban J connectivity index is 0.00000408. The summed E-state index contributed by atoms with van der Waals surface area (Å²) in [6.07, 6.45) is 1.34. The van der Waals surface area contributed by atoms with Gasteiger partial charge in [0.15, 0.2) is 0 Å². The van der Waals surface area contributed by atoms with Gasteiger partial charge in [-0.3, -0.25) is 18.2 Å². The molecule has 0 aliphatic carbocycles. The minimum atomic E-state index is -2.91. The lowest BCUT2D eigenvalue weighted by atomic mass is 10.0. The minimum absolute atomic E-state index is 0. The smallest absolute Gasteiger partial charge is 0.251 e. The van der Waals surface area contributed by atoms with Gasteiger partial charge in [0.2, 0.25) is 0 Å². The van der Waals surface area contributed by atoms with Crippen molar-refractivity contribution >= 4 is 40.5 Å². The van der Waals surface area contributed by atoms with E-state index >= 15 is 0 Å². The molecule has 2 aromatic rings. The number of hydrogen-bond donors (Lipinski definition) is 6. The van der Waals surface area contributed by atoms with E-state index in [1.54, 1.807) is 23.5 Å². The standard InChI is InChI=1S/C24H36N4O4S.ClH/c1-3-26-20-14-19(15-21(16-20)28-11-7-8-12-33(28,31)32)24(30)27-22(23(29)17-25-2)13-18-9-5-4-6-10-18;/h4-6,9-10,14-16,22-23,25-26,29,31-32H,3,7-8,11-13,17H2,1-2H3,(H,27,30);1H/t22-,23-;/m0./s1. The van der Waals surface area contributed by atoms with E-state index in [2.05, 4.69) is 16.0 Å². The van der Waals surface area contributed by atoms with Crippen LogP contribution in [0.1, 0.15) is 35.7 Å². The number of nitrogens with zero attached hydrogens (tertiary/aromatic N) is 1. The molecule has 2 aromatic carbocycles. The third kappa shape index (κ3) is 7.49. The Morgan fingerprint density at radius 1 is 1.15 bits per heavy atom. The summed E-state index contributed by atoms with van der Waals surface area (Å²) >= 11 is 0. The molecule has 190 valence electrons. The summed E-state index contributed by atoms with van der Waals surface area (Å²) in [6, 6.07) is 14.5. The van der Waals surface area contributed by atoms with E-state index in [0.29, 0.717) is 43.1 Å². The van der Waals surface area contributed by atoms with Gasteiger partial charge in [0, 0.05) is 30.9 Å². The van der Waals surface area contributed by atoms with Crippen molar-refractivity contribution in [1.29, 1.82) is 0 Å². The Morgan fingerprint density at radius 2 is 1.88 bits per heavy atom. The Labute approximate surface area is 210 Å². The van der Waals surface area contributed by atoms with Gasteiger partial charge in [-0.15, -0.1) is 23.2 Å². The molecule has 0 unspecified atom stereocenters. The molecule has 6 N–H and O–H groups in total. The Kier molecular flexibility index (Phi) is 10.9. The predicted octanol–water partition coefficient (Wildman–Crippen LogP) is 3.73. The van der Waals surface area contributed by atoms with Gasteiger partial charge in [0.05, 0.1) is 23.6 Å². The first-order valence-electron chi connectivity index (χ1n) is 11.4. The van der Waals surface area contributed by atoms with Crippen molar-refractivity contribution in [3.63, 3.8) is 0 Å². The van der Waals surface area contributed by atoms with Crippen LogP contribution in [0, 0.1) is 0 Å². The van der Waals surface area contributed by atoms with Crippen molar-refractivity contribution < 1.29 is 19.0 Å². The number of nitrogens with one attached hydrogen (secondary N) is 3. The molecule has 0 aromatic heterocycles. The fraction of sp³-hybridized carbons (Fsp3) is 0.458. The molecule has 1 fully saturated rings. The van der Waals surface area contributed by atoms with Crippen molar-refractivity contribution in [2.24, 2.45) is 0 Å². The number of halogens is 1. The number of aliphatic hydroxyl groups excluding tert-OH is 1. The van der Waals surface area contributed by atoms with Gasteiger partial charge >= 0.3 is 0 Å². The van der Waals surface area contributed by atoms with Crippen molar-refractivity contribution in [2.75, 3.05) is 42.1 Å². The van der Waals surface area contributed by atoms with E-state index in [1.807, 2.05) is 43.3 Å². The Morgan fingerprint density at radius 3 is 2.53 bits per heavy atom. The second-order valence-electron chi connectivity index (χ2n) is 8.34. The van der Waals surface area contributed by atoms with Crippen LogP contribution in [0.15, 0.2) is 48.5 Å². The zero-order valence-electron chi connectivity index (χ0n) is 19.7. The number of hydrogen-bond acceptors (Lipinski definition) is 7. The second-order valence-corrected chi connectivity index (χ2v) is 10.5. The number of carbonyl (C=O) groups is 1. The number of aliphatic hydroxyl groups is 1. The number of anilines is 2. The first-order chi connectivity index (χ1) is 15.8. The van der Waals surface area contributed by atoms with E-state index in [9.17, 15) is 19.0 Å². The highest BCUT2D eigenvalue weighted by molar-refractivity contribution is 8.25. The summed E-state index contributed by atoms with van der Waals surface area (Å²) in [7, 11) is -1.15. The highest BCUT2D eigenvalue weighted by Crippen LogP contribution is 2.50. The average Bonchev–Trinajstić information content (AvgIpc) is 2.79. The topological polar surface area (TPSA) is 117 Å². The summed E-state index contributed by atoms with van der Waals surface area (Å²) < 4.78 is 22.8. The fourth-order valence-electron chi connectivity index (χ4n) is 4.05. The van der Waals surface area contributed by atoms with Gasteiger partial charge in [-0.2, -0.15) is 0 Å². The van der Waals surface area contributed by atoms with Gasteiger partial charge < -0.3 is 21.1 Å². The molecule has 1 saturated heterocycles. The molecule has 1 amide bonds. The molecule has 8 nitrogen and oxygen atoms in total. The van der Waals surface area contributed by atoms with E-state index in [4.69, 9.17) is 0 Å². The van der Waals surface area contributed by atoms with Crippen molar-refractivity contribution in [2.45, 2.75) is 38.3 Å². The van der Waals surface area contributed by atoms with Gasteiger partial charge in [-0.25, -0.2) is 0 Å². The van der Waals surface area contributed by atoms with Crippen LogP contribution in [0.25, 0.3) is 0 Å². The van der Waals surface area contributed by atoms with Crippen molar-refractivity contribution in [1.82, 2.24) is 10.6 Å². The largest absolute Gasteiger partial charge is 0.390 e. The lowest BCUT2D eigenvalue weighted by molar-refractivity contribution is 0.0834. The van der Waals surface area contributed by atoms with Gasteiger partial charge in [-0.05, 0) is 57.0 Å². The van der Waals surface area contributed by atoms with Crippen LogP contribution in [0.2, 0.25) is 0 Å². The lowest BCUT2D eigenvalue weighted by Crippen LogP contribution is -2.48. The zero-order valence-corrected chi connectivity index (χ0v) is 21.4. The number of rotatable bonds is 10. The normalized spacial score (nSPS) is 17.7. The van der Waals surface area contributed by atoms with E-state index in [0.717, 1.165) is 24.1 Å². The van der Waals surface area contributed by atoms with E-state index in [1.165, 1.54) is 0 Å². The number of likely N-dealkylation sites (N-methyl/N-ethyl adjacent to an activating group) is 1. The van der Waals surface area contributed by atoms with Crippen LogP contribution in [-0.4, -0.2) is 64.7 Å². The van der Waals surface area contributed by atoms with Crippen LogP contribution in [-0.2, 0) is 6.42 Å². The summed E-state index contributed by atoms with van der Waals surface area (Å²) in [5, 5.41) is 19.9. The van der Waals surface area contributed by atoms with Gasteiger partial charge in [-0.1, -0.05) is 30.3 Å². The first-order valence-corrected chi connectivity index (χ1v) is 13.1. The molecule has 0 spiro atoms. The molecule has 0 radical (unpaired) electrons. The van der Waals surface area contributed by atoms with Crippen LogP contribution in [0.5, 0.6) is 0 Å². The van der Waals surface area contributed by atoms with Crippen LogP contribution in [0.3, 0.4) is 0 Å². The lowest BCUT2D eigenvalue weighted by Gasteiger charge is -2.47. The SMILES string of the molecule is CCNc1cc(C(=O)N[C@@H](Cc2ccccc2)[C@@H](O)CNC)cc(N2CCCCS2(O)O)c1.Cl. The van der Waals surface area contributed by atoms with Crippen LogP contribution < -0.4 is 20.3 Å². The average molecular weight is 513 g/mol. The van der Waals surface area contributed by atoms with Crippen molar-refractivity contribution in [3.05, 3.63) is 59.7 Å². The van der Waals surface area contributed by atoms with Gasteiger partial charge in [0.25, 0.3) is 5.91 Å². The number of benzene rings is 2. The Hall–Kier alpha value is -2.01. The van der Waals surface area contributed by atoms with Gasteiger partial charge in [0.1, 0.15) is 0 Å². The second kappa shape index (κ2) is 13.2. The number of carbonyl (C=O) groups excluding carboxylic acids is 1. The van der Waals surface area contributed by atoms with E-state index in [-0.39, 0.29) is 18.3 Å². The molecule has 10 heteroatoms. The minimum Gasteiger partial charge on any atom is -0.390 e.